The zero-order valence-electron chi connectivity index (χ0n) is 25.8. The Morgan fingerprint density at radius 3 is 2.33 bits per heavy atom. The first-order valence-corrected chi connectivity index (χ1v) is 16.6. The third-order valence-electron chi connectivity index (χ3n) is 10.4. The number of benzene rings is 3. The van der Waals surface area contributed by atoms with Gasteiger partial charge in [-0.2, -0.15) is 5.01 Å². The minimum atomic E-state index is -1.61. The molecule has 2 saturated heterocycles. The number of carbonyl (C=O) groups excluding carboxylic acids is 4. The Balaban J connectivity index is 1.41. The fourth-order valence-electron chi connectivity index (χ4n) is 8.42. The summed E-state index contributed by atoms with van der Waals surface area (Å²) in [5.41, 5.74) is 3.13. The number of imide groups is 2. The molecule has 4 aliphatic rings. The topological polar surface area (TPSA) is 144 Å². The number of hydrogen-bond donors (Lipinski definition) is 3. The van der Waals surface area contributed by atoms with E-state index in [2.05, 4.69) is 5.43 Å². The number of halogens is 3. The zero-order valence-corrected chi connectivity index (χ0v) is 27.3. The van der Waals surface area contributed by atoms with E-state index < -0.39 is 70.4 Å². The summed E-state index contributed by atoms with van der Waals surface area (Å²) in [6, 6.07) is 16.2. The van der Waals surface area contributed by atoms with Gasteiger partial charge in [-0.05, 0) is 84.8 Å². The van der Waals surface area contributed by atoms with Gasteiger partial charge in [0.2, 0.25) is 11.8 Å². The van der Waals surface area contributed by atoms with E-state index in [1.54, 1.807) is 30.3 Å². The first-order valence-electron chi connectivity index (χ1n) is 15.9. The molecular weight excluding hydrogens is 676 g/mol. The maximum absolute atomic E-state index is 15.1. The number of carbonyl (C=O) groups is 5. The summed E-state index contributed by atoms with van der Waals surface area (Å²) in [5, 5.41) is 20.9. The average molecular weight is 707 g/mol. The molecule has 0 bridgehead atoms. The number of hydrazine groups is 1. The molecule has 7 rings (SSSR count). The average Bonchev–Trinajstić information content (AvgIpc) is 3.43. The Morgan fingerprint density at radius 2 is 1.65 bits per heavy atom. The summed E-state index contributed by atoms with van der Waals surface area (Å²) in [6.45, 7) is -0.0445. The number of nitrogens with zero attached hydrogens (tertiary/aromatic N) is 2. The van der Waals surface area contributed by atoms with Crippen LogP contribution in [0.1, 0.15) is 42.7 Å². The zero-order chi connectivity index (χ0) is 34.8. The number of phenolic OH excluding ortho intramolecular Hbond substituents is 1. The summed E-state index contributed by atoms with van der Waals surface area (Å²) in [6.07, 6.45) is 1.98. The molecule has 0 radical (unpaired) electrons. The van der Waals surface area contributed by atoms with Crippen molar-refractivity contribution in [1.29, 1.82) is 0 Å². The van der Waals surface area contributed by atoms with Crippen molar-refractivity contribution < 1.29 is 38.6 Å². The molecular formula is C36H30Cl2FN3O7. The predicted molar refractivity (Wildman–Crippen MR) is 176 cm³/mol. The minimum Gasteiger partial charge on any atom is -0.508 e. The Hall–Kier alpha value is -4.74. The van der Waals surface area contributed by atoms with Crippen LogP contribution in [0.5, 0.6) is 5.75 Å². The molecule has 10 nitrogen and oxygen atoms in total. The second-order valence-corrected chi connectivity index (χ2v) is 13.7. The molecule has 6 atom stereocenters. The number of rotatable bonds is 8. The number of aliphatic carboxylic acids is 1. The van der Waals surface area contributed by atoms with Crippen LogP contribution in [-0.2, 0) is 29.4 Å². The lowest BCUT2D eigenvalue weighted by Gasteiger charge is -2.50. The van der Waals surface area contributed by atoms with Gasteiger partial charge in [0.25, 0.3) is 11.8 Å². The third kappa shape index (κ3) is 5.18. The highest BCUT2D eigenvalue weighted by atomic mass is 35.5. The van der Waals surface area contributed by atoms with Crippen LogP contribution in [0.15, 0.2) is 78.4 Å². The summed E-state index contributed by atoms with van der Waals surface area (Å²) >= 11 is 13.1. The summed E-state index contributed by atoms with van der Waals surface area (Å²) in [4.78, 5) is 69.6. The van der Waals surface area contributed by atoms with Crippen molar-refractivity contribution in [3.8, 4) is 5.75 Å². The molecule has 1 saturated carbocycles. The van der Waals surface area contributed by atoms with Crippen LogP contribution in [0.25, 0.3) is 0 Å². The number of allylic oxidation sites excluding steroid dienone is 2. The van der Waals surface area contributed by atoms with Gasteiger partial charge in [-0.3, -0.25) is 34.3 Å². The highest BCUT2D eigenvalue weighted by molar-refractivity contribution is 6.32. The van der Waals surface area contributed by atoms with E-state index in [0.717, 1.165) is 9.91 Å². The predicted octanol–water partition coefficient (Wildman–Crippen LogP) is 5.69. The number of hydrogen-bond acceptors (Lipinski definition) is 7. The first kappa shape index (κ1) is 32.8. The lowest BCUT2D eigenvalue weighted by molar-refractivity contribution is -0.142. The Morgan fingerprint density at radius 1 is 0.939 bits per heavy atom. The number of carboxylic acid groups (broad SMARTS) is 1. The highest BCUT2D eigenvalue weighted by Gasteiger charge is 2.70. The molecule has 2 aliphatic carbocycles. The molecule has 3 N–H and O–H groups in total. The van der Waals surface area contributed by atoms with Crippen LogP contribution >= 0.6 is 23.2 Å². The summed E-state index contributed by atoms with van der Waals surface area (Å²) < 4.78 is 13.8. The number of aromatic hydroxyl groups is 1. The molecule has 252 valence electrons. The molecule has 2 aliphatic heterocycles. The van der Waals surface area contributed by atoms with Gasteiger partial charge in [-0.25, -0.2) is 4.39 Å². The van der Waals surface area contributed by atoms with Crippen molar-refractivity contribution in [2.24, 2.45) is 23.7 Å². The number of amides is 4. The van der Waals surface area contributed by atoms with Gasteiger partial charge >= 0.3 is 5.97 Å². The molecule has 0 spiro atoms. The molecule has 4 amide bonds. The second kappa shape index (κ2) is 12.3. The van der Waals surface area contributed by atoms with Crippen LogP contribution in [-0.4, -0.2) is 56.3 Å². The summed E-state index contributed by atoms with van der Waals surface area (Å²) in [5.74, 6) is -7.87. The molecule has 6 unspecified atom stereocenters. The van der Waals surface area contributed by atoms with Crippen molar-refractivity contribution in [3.05, 3.63) is 105 Å². The lowest BCUT2D eigenvalue weighted by Crippen LogP contribution is -2.53. The number of carboxylic acids is 1. The van der Waals surface area contributed by atoms with Crippen LogP contribution in [0.2, 0.25) is 10.0 Å². The number of likely N-dealkylation sites (tertiary alicyclic amines) is 1. The van der Waals surface area contributed by atoms with Gasteiger partial charge in [0, 0.05) is 28.9 Å². The molecule has 0 aromatic heterocycles. The quantitative estimate of drug-likeness (QED) is 0.200. The number of nitrogens with one attached hydrogen (secondary N) is 1. The van der Waals surface area contributed by atoms with E-state index in [4.69, 9.17) is 28.3 Å². The fourth-order valence-corrected chi connectivity index (χ4v) is 8.83. The molecule has 2 heterocycles. The highest BCUT2D eigenvalue weighted by Crippen LogP contribution is 2.64. The molecule has 49 heavy (non-hydrogen) atoms. The molecule has 3 fully saturated rings. The van der Waals surface area contributed by atoms with Crippen LogP contribution < -0.4 is 5.43 Å². The first-order chi connectivity index (χ1) is 23.4. The van der Waals surface area contributed by atoms with E-state index in [-0.39, 0.29) is 48.7 Å². The van der Waals surface area contributed by atoms with Crippen molar-refractivity contribution in [2.45, 2.75) is 37.0 Å². The number of phenols is 1. The van der Waals surface area contributed by atoms with Crippen LogP contribution in [0.3, 0.4) is 0 Å². The van der Waals surface area contributed by atoms with Gasteiger partial charge in [-0.1, -0.05) is 53.1 Å². The largest absolute Gasteiger partial charge is 0.508 e. The lowest BCUT2D eigenvalue weighted by atomic mass is 9.49. The van der Waals surface area contributed by atoms with E-state index in [1.807, 2.05) is 6.08 Å². The van der Waals surface area contributed by atoms with E-state index in [9.17, 15) is 28.7 Å². The number of fused-ring (bicyclic) bond motifs is 4. The maximum atomic E-state index is 15.1. The van der Waals surface area contributed by atoms with Crippen molar-refractivity contribution in [2.75, 3.05) is 12.0 Å². The van der Waals surface area contributed by atoms with E-state index >= 15 is 4.79 Å². The second-order valence-electron chi connectivity index (χ2n) is 12.9. The minimum absolute atomic E-state index is 0.0377. The Bertz CT molecular complexity index is 1940. The van der Waals surface area contributed by atoms with Crippen LogP contribution in [0.4, 0.5) is 10.1 Å². The Kier molecular flexibility index (Phi) is 8.23. The standard InChI is InChI=1S/C36H30Cl2FN3O7/c37-19-5-3-18(4-6-19)36-27(33(47)42(35(36)49)40-21-9-7-20(39)8-10-21)17-26-23(31(36)24-12-11-22(43)16-28(24)38)13-14-25-30(26)34(48)41(32(25)46)15-1-2-29(44)45/h3-13,16,25-27,30-31,40,43H,1-2,14-15,17H2,(H,44,45). The van der Waals surface area contributed by atoms with Crippen LogP contribution in [0, 0.1) is 29.5 Å². The van der Waals surface area contributed by atoms with Gasteiger partial charge in [0.1, 0.15) is 11.6 Å². The SMILES string of the molecule is O=C(O)CCCN1C(=O)C2CC=C3C(CC4C(=O)N(Nc5ccc(F)cc5)C(=O)C4(c4ccc(Cl)cc4)C3c3ccc(O)cc3Cl)C2C1=O. The molecule has 3 aromatic rings. The number of anilines is 1. The molecule has 13 heteroatoms. The van der Waals surface area contributed by atoms with Gasteiger partial charge < -0.3 is 10.2 Å². The fraction of sp³-hybridized carbons (Fsp3) is 0.306. The van der Waals surface area contributed by atoms with E-state index in [0.29, 0.717) is 21.7 Å². The van der Waals surface area contributed by atoms with E-state index in [1.165, 1.54) is 36.4 Å². The smallest absolute Gasteiger partial charge is 0.303 e. The third-order valence-corrected chi connectivity index (χ3v) is 11.0. The normalized spacial score (nSPS) is 27.5. The van der Waals surface area contributed by atoms with Crippen molar-refractivity contribution >= 4 is 58.5 Å². The van der Waals surface area contributed by atoms with Gasteiger partial charge in [0.05, 0.1) is 28.9 Å². The van der Waals surface area contributed by atoms with Gasteiger partial charge in [-0.15, -0.1) is 0 Å². The van der Waals surface area contributed by atoms with Crippen molar-refractivity contribution in [3.63, 3.8) is 0 Å². The van der Waals surface area contributed by atoms with Gasteiger partial charge in [0.15, 0.2) is 0 Å². The van der Waals surface area contributed by atoms with Crippen molar-refractivity contribution in [1.82, 2.24) is 9.91 Å². The summed E-state index contributed by atoms with van der Waals surface area (Å²) in [7, 11) is 0. The molecule has 3 aromatic carbocycles. The maximum Gasteiger partial charge on any atom is 0.303 e. The monoisotopic (exact) mass is 705 g/mol. The Labute approximate surface area is 290 Å².